The Hall–Kier alpha value is -2.54. The second-order valence-corrected chi connectivity index (χ2v) is 6.41. The molecule has 3 rings (SSSR count). The molecule has 0 unspecified atom stereocenters. The van der Waals surface area contributed by atoms with E-state index >= 15 is 0 Å². The lowest BCUT2D eigenvalue weighted by Gasteiger charge is -2.23. The number of carboxylic acids is 1. The quantitative estimate of drug-likeness (QED) is 0.845. The summed E-state index contributed by atoms with van der Waals surface area (Å²) < 4.78 is 5.81. The molecule has 1 saturated heterocycles. The van der Waals surface area contributed by atoms with Gasteiger partial charge in [0.1, 0.15) is 11.9 Å². The topological polar surface area (TPSA) is 83.9 Å². The number of nitrogens with zero attached hydrogens (tertiary/aromatic N) is 1. The van der Waals surface area contributed by atoms with Crippen LogP contribution in [0.2, 0.25) is 0 Å². The van der Waals surface area contributed by atoms with E-state index in [-0.39, 0.29) is 24.0 Å². The monoisotopic (exact) mass is 345 g/mol. The van der Waals surface area contributed by atoms with Crippen LogP contribution < -0.4 is 4.74 Å². The fourth-order valence-corrected chi connectivity index (χ4v) is 3.34. The van der Waals surface area contributed by atoms with Crippen LogP contribution in [0.25, 0.3) is 6.08 Å². The third-order valence-electron chi connectivity index (χ3n) is 3.73. The van der Waals surface area contributed by atoms with Crippen molar-refractivity contribution in [1.82, 2.24) is 4.90 Å². The van der Waals surface area contributed by atoms with E-state index in [0.717, 1.165) is 33.5 Å². The van der Waals surface area contributed by atoms with Crippen molar-refractivity contribution in [2.45, 2.75) is 19.4 Å². The standard InChI is InChI=1S/C17H15NO5S/c1-10-12(8-11-4-2-3-5-13(11)23-10)9-14-16(21)18(17(22)24-14)7-6-15(19)20/h2-5,8-10H,6-7H2,1H3,(H,19,20)/b14-9-/t10-/m0/s1. The highest BCUT2D eigenvalue weighted by molar-refractivity contribution is 8.18. The Labute approximate surface area is 142 Å². The van der Waals surface area contributed by atoms with Crippen LogP contribution in [0, 0.1) is 0 Å². The van der Waals surface area contributed by atoms with E-state index in [1.165, 1.54) is 0 Å². The number of hydrogen-bond donors (Lipinski definition) is 1. The molecule has 1 aromatic carbocycles. The lowest BCUT2D eigenvalue weighted by Crippen LogP contribution is -2.30. The van der Waals surface area contributed by atoms with Crippen molar-refractivity contribution in [3.63, 3.8) is 0 Å². The number of carbonyl (C=O) groups excluding carboxylic acids is 2. The first kappa shape index (κ1) is 16.3. The van der Waals surface area contributed by atoms with Crippen molar-refractivity contribution < 1.29 is 24.2 Å². The first-order valence-electron chi connectivity index (χ1n) is 7.40. The van der Waals surface area contributed by atoms with Gasteiger partial charge >= 0.3 is 5.97 Å². The molecule has 7 heteroatoms. The van der Waals surface area contributed by atoms with E-state index in [4.69, 9.17) is 9.84 Å². The highest BCUT2D eigenvalue weighted by atomic mass is 32.2. The number of amides is 2. The van der Waals surface area contributed by atoms with Crippen LogP contribution >= 0.6 is 11.8 Å². The summed E-state index contributed by atoms with van der Waals surface area (Å²) in [6, 6.07) is 7.57. The SMILES string of the molecule is C[C@@H]1Oc2ccccc2C=C1/C=C1\SC(=O)N(CCC(=O)O)C1=O. The lowest BCUT2D eigenvalue weighted by molar-refractivity contribution is -0.137. The molecule has 1 fully saturated rings. The van der Waals surface area contributed by atoms with E-state index in [0.29, 0.717) is 0 Å². The molecule has 1 N–H and O–H groups in total. The second kappa shape index (κ2) is 6.52. The number of ether oxygens (including phenoxy) is 1. The van der Waals surface area contributed by atoms with Gasteiger partial charge in [0.2, 0.25) is 0 Å². The van der Waals surface area contributed by atoms with Crippen LogP contribution in [0.3, 0.4) is 0 Å². The van der Waals surface area contributed by atoms with Crippen LogP contribution in [-0.4, -0.2) is 39.8 Å². The van der Waals surface area contributed by atoms with Gasteiger partial charge < -0.3 is 9.84 Å². The van der Waals surface area contributed by atoms with Gasteiger partial charge in [-0.2, -0.15) is 0 Å². The zero-order chi connectivity index (χ0) is 17.3. The molecule has 0 radical (unpaired) electrons. The highest BCUT2D eigenvalue weighted by Crippen LogP contribution is 2.35. The molecule has 1 atom stereocenters. The molecule has 24 heavy (non-hydrogen) atoms. The summed E-state index contributed by atoms with van der Waals surface area (Å²) in [5, 5.41) is 8.26. The first-order chi connectivity index (χ1) is 11.5. The molecule has 0 spiro atoms. The van der Waals surface area contributed by atoms with Crippen molar-refractivity contribution in [2.75, 3.05) is 6.54 Å². The number of benzene rings is 1. The Morgan fingerprint density at radius 3 is 2.88 bits per heavy atom. The Kier molecular flexibility index (Phi) is 4.44. The average Bonchev–Trinajstić information content (AvgIpc) is 2.80. The molecule has 124 valence electrons. The van der Waals surface area contributed by atoms with Crippen LogP contribution in [0.5, 0.6) is 5.75 Å². The molecule has 0 bridgehead atoms. The lowest BCUT2D eigenvalue weighted by atomic mass is 10.0. The molecule has 2 aliphatic heterocycles. The molecule has 1 aromatic rings. The summed E-state index contributed by atoms with van der Waals surface area (Å²) >= 11 is 0.820. The van der Waals surface area contributed by atoms with Crippen molar-refractivity contribution >= 4 is 35.0 Å². The fourth-order valence-electron chi connectivity index (χ4n) is 2.47. The predicted molar refractivity (Wildman–Crippen MR) is 89.5 cm³/mol. The Morgan fingerprint density at radius 2 is 2.12 bits per heavy atom. The number of carbonyl (C=O) groups is 3. The summed E-state index contributed by atoms with van der Waals surface area (Å²) in [6.07, 6.45) is 3.06. The molecular weight excluding hydrogens is 330 g/mol. The zero-order valence-electron chi connectivity index (χ0n) is 12.9. The summed E-state index contributed by atoms with van der Waals surface area (Å²) in [5.74, 6) is -0.735. The number of para-hydroxylation sites is 1. The number of aliphatic carboxylic acids is 1. The maximum Gasteiger partial charge on any atom is 0.305 e. The van der Waals surface area contributed by atoms with E-state index in [1.807, 2.05) is 37.3 Å². The number of carboxylic acid groups (broad SMARTS) is 1. The number of rotatable bonds is 4. The summed E-state index contributed by atoms with van der Waals surface area (Å²) in [4.78, 5) is 36.1. The van der Waals surface area contributed by atoms with Gasteiger partial charge in [0.25, 0.3) is 11.1 Å². The third kappa shape index (κ3) is 3.21. The number of imide groups is 1. The van der Waals surface area contributed by atoms with Crippen LogP contribution in [0.4, 0.5) is 4.79 Å². The molecular formula is C17H15NO5S. The Balaban J connectivity index is 1.84. The second-order valence-electron chi connectivity index (χ2n) is 5.42. The fraction of sp³-hybridized carbons (Fsp3) is 0.235. The van der Waals surface area contributed by atoms with Gasteiger partial charge in [-0.1, -0.05) is 18.2 Å². The minimum Gasteiger partial charge on any atom is -0.485 e. The smallest absolute Gasteiger partial charge is 0.305 e. The van der Waals surface area contributed by atoms with E-state index in [1.54, 1.807) is 6.08 Å². The van der Waals surface area contributed by atoms with Crippen LogP contribution in [0.15, 0.2) is 40.8 Å². The van der Waals surface area contributed by atoms with Crippen LogP contribution in [-0.2, 0) is 9.59 Å². The van der Waals surface area contributed by atoms with Gasteiger partial charge in [0.15, 0.2) is 0 Å². The van der Waals surface area contributed by atoms with Gasteiger partial charge in [-0.05, 0) is 42.5 Å². The first-order valence-corrected chi connectivity index (χ1v) is 8.22. The van der Waals surface area contributed by atoms with E-state index < -0.39 is 17.1 Å². The number of hydrogen-bond acceptors (Lipinski definition) is 5. The van der Waals surface area contributed by atoms with Gasteiger partial charge in [-0.3, -0.25) is 19.3 Å². The molecule has 6 nitrogen and oxygen atoms in total. The van der Waals surface area contributed by atoms with Crippen molar-refractivity contribution in [3.8, 4) is 5.75 Å². The summed E-state index contributed by atoms with van der Waals surface area (Å²) in [5.41, 5.74) is 1.70. The van der Waals surface area contributed by atoms with Gasteiger partial charge in [-0.25, -0.2) is 0 Å². The van der Waals surface area contributed by atoms with E-state index in [9.17, 15) is 14.4 Å². The van der Waals surface area contributed by atoms with Crippen molar-refractivity contribution in [2.24, 2.45) is 0 Å². The van der Waals surface area contributed by atoms with E-state index in [2.05, 4.69) is 0 Å². The highest BCUT2D eigenvalue weighted by Gasteiger charge is 2.35. The number of fused-ring (bicyclic) bond motifs is 1. The summed E-state index contributed by atoms with van der Waals surface area (Å²) in [7, 11) is 0. The van der Waals surface area contributed by atoms with Gasteiger partial charge in [0, 0.05) is 12.1 Å². The molecule has 0 saturated carbocycles. The largest absolute Gasteiger partial charge is 0.485 e. The molecule has 0 aliphatic carbocycles. The minimum absolute atomic E-state index is 0.120. The Bertz CT molecular complexity index is 783. The Morgan fingerprint density at radius 1 is 1.38 bits per heavy atom. The van der Waals surface area contributed by atoms with Crippen LogP contribution in [0.1, 0.15) is 18.9 Å². The molecule has 2 heterocycles. The predicted octanol–water partition coefficient (Wildman–Crippen LogP) is 2.90. The third-order valence-corrected chi connectivity index (χ3v) is 4.64. The molecule has 2 aliphatic rings. The van der Waals surface area contributed by atoms with Gasteiger partial charge in [0.05, 0.1) is 11.3 Å². The summed E-state index contributed by atoms with van der Waals surface area (Å²) in [6.45, 7) is 1.75. The normalized spacial score (nSPS) is 21.5. The van der Waals surface area contributed by atoms with Crippen molar-refractivity contribution in [3.05, 3.63) is 46.4 Å². The van der Waals surface area contributed by atoms with Crippen molar-refractivity contribution in [1.29, 1.82) is 0 Å². The number of thioether (sulfide) groups is 1. The molecule has 0 aromatic heterocycles. The molecule has 2 amide bonds. The average molecular weight is 345 g/mol. The minimum atomic E-state index is -1.05. The maximum absolute atomic E-state index is 12.3. The maximum atomic E-state index is 12.3. The van der Waals surface area contributed by atoms with Gasteiger partial charge in [-0.15, -0.1) is 0 Å². The zero-order valence-corrected chi connectivity index (χ0v) is 13.7.